The van der Waals surface area contributed by atoms with E-state index in [0.717, 1.165) is 5.82 Å². The van der Waals surface area contributed by atoms with E-state index in [0.29, 0.717) is 5.69 Å². The normalized spacial score (nSPS) is 12.0. The summed E-state index contributed by atoms with van der Waals surface area (Å²) in [4.78, 5) is 21.2. The number of rotatable bonds is 6. The van der Waals surface area contributed by atoms with Crippen LogP contribution < -0.4 is 10.1 Å². The third-order valence-electron chi connectivity index (χ3n) is 4.08. The fourth-order valence-corrected chi connectivity index (χ4v) is 2.66. The van der Waals surface area contributed by atoms with Gasteiger partial charge in [0.05, 0.1) is 0 Å². The lowest BCUT2D eigenvalue weighted by Gasteiger charge is -2.18. The molecule has 0 saturated carbocycles. The van der Waals surface area contributed by atoms with Crippen LogP contribution in [0.2, 0.25) is 0 Å². The first-order chi connectivity index (χ1) is 13.0. The molecular formula is C20H21FN4O2. The number of pyridine rings is 1. The quantitative estimate of drug-likeness (QED) is 0.694. The molecule has 1 amide bonds. The van der Waals surface area contributed by atoms with Gasteiger partial charge in [-0.15, -0.1) is 0 Å². The molecule has 3 rings (SSSR count). The zero-order valence-electron chi connectivity index (χ0n) is 15.4. The van der Waals surface area contributed by atoms with E-state index in [1.54, 1.807) is 43.6 Å². The minimum atomic E-state index is -0.506. The maximum atomic E-state index is 13.9. The van der Waals surface area contributed by atoms with Gasteiger partial charge in [-0.05, 0) is 31.2 Å². The van der Waals surface area contributed by atoms with Crippen molar-refractivity contribution in [1.29, 1.82) is 0 Å². The average Bonchev–Trinajstić information content (AvgIpc) is 3.14. The first kappa shape index (κ1) is 18.6. The van der Waals surface area contributed by atoms with Crippen molar-refractivity contribution in [3.63, 3.8) is 0 Å². The Balaban J connectivity index is 1.80. The molecule has 3 aromatic rings. The highest BCUT2D eigenvalue weighted by Gasteiger charge is 2.21. The maximum Gasteiger partial charge on any atom is 0.247 e. The SMILES string of the molecule is CC(C)c1nccn1C(C)C(=O)Nc1cccnc1Oc1ccccc1F. The number of benzene rings is 1. The molecule has 0 aliphatic rings. The molecule has 6 nitrogen and oxygen atoms in total. The summed E-state index contributed by atoms with van der Waals surface area (Å²) in [6, 6.07) is 8.88. The number of aromatic nitrogens is 3. The molecule has 0 bridgehead atoms. The first-order valence-electron chi connectivity index (χ1n) is 8.68. The van der Waals surface area contributed by atoms with Gasteiger partial charge in [0, 0.05) is 24.5 Å². The van der Waals surface area contributed by atoms with E-state index in [1.807, 2.05) is 18.4 Å². The number of imidazole rings is 1. The number of carbonyl (C=O) groups is 1. The summed E-state index contributed by atoms with van der Waals surface area (Å²) >= 11 is 0. The predicted molar refractivity (Wildman–Crippen MR) is 100 cm³/mol. The van der Waals surface area contributed by atoms with Crippen LogP contribution in [0, 0.1) is 5.82 Å². The molecule has 0 aliphatic carbocycles. The molecule has 27 heavy (non-hydrogen) atoms. The van der Waals surface area contributed by atoms with Gasteiger partial charge >= 0.3 is 0 Å². The van der Waals surface area contributed by atoms with Gasteiger partial charge in [-0.3, -0.25) is 4.79 Å². The lowest BCUT2D eigenvalue weighted by molar-refractivity contribution is -0.118. The van der Waals surface area contributed by atoms with Crippen molar-refractivity contribution in [3.8, 4) is 11.6 Å². The van der Waals surface area contributed by atoms with Crippen LogP contribution in [-0.4, -0.2) is 20.4 Å². The van der Waals surface area contributed by atoms with E-state index in [4.69, 9.17) is 4.74 Å². The predicted octanol–water partition coefficient (Wildman–Crippen LogP) is 4.53. The van der Waals surface area contributed by atoms with Crippen LogP contribution in [0.3, 0.4) is 0 Å². The summed E-state index contributed by atoms with van der Waals surface area (Å²) in [6.45, 7) is 5.83. The summed E-state index contributed by atoms with van der Waals surface area (Å²) in [5.74, 6) is 0.421. The molecule has 1 atom stereocenters. The summed E-state index contributed by atoms with van der Waals surface area (Å²) in [7, 11) is 0. The molecule has 1 aromatic carbocycles. The van der Waals surface area contributed by atoms with Gasteiger partial charge in [0.1, 0.15) is 17.6 Å². The van der Waals surface area contributed by atoms with Gasteiger partial charge < -0.3 is 14.6 Å². The minimum Gasteiger partial charge on any atom is -0.434 e. The molecule has 1 N–H and O–H groups in total. The van der Waals surface area contributed by atoms with Gasteiger partial charge in [0.2, 0.25) is 11.8 Å². The Morgan fingerprint density at radius 3 is 2.63 bits per heavy atom. The lowest BCUT2D eigenvalue weighted by atomic mass is 10.2. The van der Waals surface area contributed by atoms with Crippen molar-refractivity contribution >= 4 is 11.6 Å². The minimum absolute atomic E-state index is 0.0384. The van der Waals surface area contributed by atoms with Crippen molar-refractivity contribution < 1.29 is 13.9 Å². The lowest BCUT2D eigenvalue weighted by Crippen LogP contribution is -2.25. The van der Waals surface area contributed by atoms with Crippen molar-refractivity contribution in [2.75, 3.05) is 5.32 Å². The zero-order valence-corrected chi connectivity index (χ0v) is 15.4. The van der Waals surface area contributed by atoms with Crippen LogP contribution in [0.5, 0.6) is 11.6 Å². The fraction of sp³-hybridized carbons (Fsp3) is 0.250. The highest BCUT2D eigenvalue weighted by Crippen LogP contribution is 2.29. The third kappa shape index (κ3) is 4.13. The van der Waals surface area contributed by atoms with Crippen molar-refractivity contribution in [2.24, 2.45) is 0 Å². The van der Waals surface area contributed by atoms with Crippen LogP contribution >= 0.6 is 0 Å². The number of halogens is 1. The Hall–Kier alpha value is -3.22. The van der Waals surface area contributed by atoms with E-state index in [9.17, 15) is 9.18 Å². The number of anilines is 1. The molecular weight excluding hydrogens is 347 g/mol. The van der Waals surface area contributed by atoms with Gasteiger partial charge in [-0.25, -0.2) is 14.4 Å². The number of hydrogen-bond acceptors (Lipinski definition) is 4. The van der Waals surface area contributed by atoms with E-state index in [1.165, 1.54) is 18.3 Å². The average molecular weight is 368 g/mol. The molecule has 0 spiro atoms. The first-order valence-corrected chi connectivity index (χ1v) is 8.68. The fourth-order valence-electron chi connectivity index (χ4n) is 2.66. The highest BCUT2D eigenvalue weighted by molar-refractivity contribution is 5.94. The number of carbonyl (C=O) groups excluding carboxylic acids is 1. The molecule has 0 radical (unpaired) electrons. The number of nitrogens with zero attached hydrogens (tertiary/aromatic N) is 3. The summed E-state index contributed by atoms with van der Waals surface area (Å²) in [5.41, 5.74) is 0.365. The smallest absolute Gasteiger partial charge is 0.247 e. The molecule has 2 heterocycles. The molecule has 0 saturated heterocycles. The van der Waals surface area contributed by atoms with Crippen molar-refractivity contribution in [2.45, 2.75) is 32.7 Å². The molecule has 0 aliphatic heterocycles. The zero-order chi connectivity index (χ0) is 19.4. The van der Waals surface area contributed by atoms with Crippen LogP contribution in [0.1, 0.15) is 38.6 Å². The van der Waals surface area contributed by atoms with Crippen LogP contribution in [-0.2, 0) is 4.79 Å². The Labute approximate surface area is 157 Å². The van der Waals surface area contributed by atoms with E-state index in [-0.39, 0.29) is 23.5 Å². The largest absolute Gasteiger partial charge is 0.434 e. The van der Waals surface area contributed by atoms with E-state index >= 15 is 0 Å². The topological polar surface area (TPSA) is 69.0 Å². The number of nitrogens with one attached hydrogen (secondary N) is 1. The van der Waals surface area contributed by atoms with Gasteiger partial charge in [-0.2, -0.15) is 0 Å². The van der Waals surface area contributed by atoms with E-state index < -0.39 is 11.9 Å². The number of ether oxygens (including phenoxy) is 1. The third-order valence-corrected chi connectivity index (χ3v) is 4.08. The molecule has 2 aromatic heterocycles. The Morgan fingerprint density at radius 1 is 1.11 bits per heavy atom. The second-order valence-corrected chi connectivity index (χ2v) is 6.40. The Bertz CT molecular complexity index is 939. The summed E-state index contributed by atoms with van der Waals surface area (Å²) in [6.07, 6.45) is 4.97. The maximum absolute atomic E-state index is 13.9. The molecule has 140 valence electrons. The van der Waals surface area contributed by atoms with Crippen LogP contribution in [0.25, 0.3) is 0 Å². The van der Waals surface area contributed by atoms with Crippen molar-refractivity contribution in [3.05, 3.63) is 66.6 Å². The van der Waals surface area contributed by atoms with Crippen molar-refractivity contribution in [1.82, 2.24) is 14.5 Å². The molecule has 0 fully saturated rings. The number of amides is 1. The van der Waals surface area contributed by atoms with Crippen LogP contribution in [0.4, 0.5) is 10.1 Å². The Kier molecular flexibility index (Phi) is 5.49. The molecule has 1 unspecified atom stereocenters. The van der Waals surface area contributed by atoms with Gasteiger partial charge in [-0.1, -0.05) is 26.0 Å². The second kappa shape index (κ2) is 7.99. The van der Waals surface area contributed by atoms with Gasteiger partial charge in [0.15, 0.2) is 11.6 Å². The van der Waals surface area contributed by atoms with E-state index in [2.05, 4.69) is 15.3 Å². The highest BCUT2D eigenvalue weighted by atomic mass is 19.1. The number of para-hydroxylation sites is 1. The second-order valence-electron chi connectivity index (χ2n) is 6.40. The standard InChI is InChI=1S/C20H21FN4O2/c1-13(2)18-22-11-12-25(18)14(3)19(26)24-16-8-6-10-23-20(16)27-17-9-5-4-7-15(17)21/h4-14H,1-3H3,(H,24,26). The van der Waals surface area contributed by atoms with Crippen LogP contribution in [0.15, 0.2) is 55.0 Å². The monoisotopic (exact) mass is 368 g/mol. The van der Waals surface area contributed by atoms with Gasteiger partial charge in [0.25, 0.3) is 0 Å². The molecule has 7 heteroatoms. The summed E-state index contributed by atoms with van der Waals surface area (Å²) < 4.78 is 21.2. The summed E-state index contributed by atoms with van der Waals surface area (Å²) in [5, 5.41) is 2.81. The Morgan fingerprint density at radius 2 is 1.89 bits per heavy atom. The number of hydrogen-bond donors (Lipinski definition) is 1.